The minimum atomic E-state index is -1.78. The average Bonchev–Trinajstić information content (AvgIpc) is 4.19. The van der Waals surface area contributed by atoms with E-state index in [0.29, 0.717) is 27.6 Å². The number of carboxylic acid groups (broad SMARTS) is 2. The number of amides is 9. The van der Waals surface area contributed by atoms with Crippen molar-refractivity contribution in [2.75, 3.05) is 19.7 Å². The molecule has 0 saturated carbocycles. The number of primary amides is 1. The van der Waals surface area contributed by atoms with Gasteiger partial charge in [0.1, 0.15) is 47.8 Å². The molecule has 2 heterocycles. The second kappa shape index (κ2) is 29.7. The molecule has 9 atom stereocenters. The summed E-state index contributed by atoms with van der Waals surface area (Å²) in [4.78, 5) is 149. The number of hydrogen-bond acceptors (Lipinski definition) is 16. The van der Waals surface area contributed by atoms with E-state index in [-0.39, 0.29) is 63.0 Å². The molecule has 0 bridgehead atoms. The molecule has 1 aromatic heterocycles. The molecule has 0 spiro atoms. The summed E-state index contributed by atoms with van der Waals surface area (Å²) in [5, 5.41) is 76.7. The van der Waals surface area contributed by atoms with Crippen LogP contribution in [0.4, 0.5) is 0 Å². The molecule has 1 saturated heterocycles. The largest absolute Gasteiger partial charge is 0.508 e. The van der Waals surface area contributed by atoms with E-state index >= 15 is 0 Å². The number of benzene rings is 3. The monoisotopic (exact) mass is 1130 g/mol. The summed E-state index contributed by atoms with van der Waals surface area (Å²) in [6.07, 6.45) is -1.85. The summed E-state index contributed by atoms with van der Waals surface area (Å²) >= 11 is 0. The number of aliphatic carboxylic acids is 2. The van der Waals surface area contributed by atoms with E-state index < -0.39 is 146 Å². The molecule has 9 amide bonds. The Hall–Kier alpha value is -9.15. The fourth-order valence-electron chi connectivity index (χ4n) is 8.81. The third-order valence-corrected chi connectivity index (χ3v) is 13.2. The minimum Gasteiger partial charge on any atom is -0.508 e. The van der Waals surface area contributed by atoms with Gasteiger partial charge >= 0.3 is 11.9 Å². The molecular formula is C53H67N11O17. The summed E-state index contributed by atoms with van der Waals surface area (Å²) in [5.74, 6) is -11.5. The molecule has 436 valence electrons. The highest BCUT2D eigenvalue weighted by Gasteiger charge is 2.40. The number of aromatic amines is 1. The average molecular weight is 1130 g/mol. The lowest BCUT2D eigenvalue weighted by Crippen LogP contribution is -2.60. The van der Waals surface area contributed by atoms with Gasteiger partial charge in [-0.15, -0.1) is 0 Å². The molecule has 1 aliphatic heterocycles. The number of carbonyl (C=O) groups is 11. The van der Waals surface area contributed by atoms with Crippen LogP contribution >= 0.6 is 0 Å². The Morgan fingerprint density at radius 2 is 1.23 bits per heavy atom. The fourth-order valence-corrected chi connectivity index (χ4v) is 8.81. The lowest BCUT2D eigenvalue weighted by atomic mass is 10.0. The van der Waals surface area contributed by atoms with Gasteiger partial charge in [-0.05, 0) is 79.6 Å². The number of para-hydroxylation sites is 1. The van der Waals surface area contributed by atoms with Gasteiger partial charge in [0.2, 0.25) is 53.2 Å². The molecule has 81 heavy (non-hydrogen) atoms. The number of H-pyrrole nitrogens is 1. The second-order valence-corrected chi connectivity index (χ2v) is 19.4. The first-order valence-corrected chi connectivity index (χ1v) is 25.7. The number of carboxylic acids is 2. The number of nitrogens with zero attached hydrogens (tertiary/aromatic N) is 1. The normalized spacial score (nSPS) is 16.0. The summed E-state index contributed by atoms with van der Waals surface area (Å²) in [6, 6.07) is 5.99. The molecule has 1 aliphatic rings. The zero-order valence-electron chi connectivity index (χ0n) is 44.0. The minimum absolute atomic E-state index is 0.00260. The number of phenols is 2. The smallest absolute Gasteiger partial charge is 0.328 e. The molecule has 1 fully saturated rings. The number of nitrogens with two attached hydrogens (primary N) is 2. The highest BCUT2D eigenvalue weighted by Crippen LogP contribution is 2.23. The van der Waals surface area contributed by atoms with Crippen molar-refractivity contribution in [3.63, 3.8) is 0 Å². The van der Waals surface area contributed by atoms with E-state index in [1.807, 2.05) is 0 Å². The first-order valence-electron chi connectivity index (χ1n) is 25.7. The molecule has 28 heteroatoms. The van der Waals surface area contributed by atoms with Gasteiger partial charge in [-0.1, -0.05) is 42.5 Å². The molecule has 28 nitrogen and oxygen atoms in total. The number of aromatic hydroxyl groups is 2. The number of likely N-dealkylation sites (tertiary alicyclic amines) is 1. The first-order chi connectivity index (χ1) is 38.4. The third-order valence-electron chi connectivity index (χ3n) is 13.2. The molecule has 5 rings (SSSR count). The van der Waals surface area contributed by atoms with Crippen LogP contribution in [0, 0.1) is 0 Å². The van der Waals surface area contributed by atoms with Crippen LogP contribution in [0.25, 0.3) is 10.9 Å². The standard InChI is InChI=1S/C53H67N11O17/c1-27(66)45(53(80)81)63-50(77)37(21-28-8-12-31(67)13-9-28)61-51(78)41-7-4-20-64(41)52(79)39(22-29-10-14-32(68)15-11-29)58-43(70)25-57-47(74)40(26-65)62-49(76)38(23-30-24-56-35-6-3-2-5-33(30)35)60-48(75)36(17-19-44(71)72)59-46(73)34(54)16-18-42(55)69/h2-3,5-6,8-15,24,27,34,36-41,45,56,65-68H,4,7,16-23,25-26,54H2,1H3,(H2,55,69)(H,57,74)(H,58,70)(H,59,73)(H,60,75)(H,61,78)(H,62,76)(H,63,77)(H,71,72)(H,80,81)/t27-,34+,36+,37+,38+,39+,40+,41+,45+/m1/s1. The van der Waals surface area contributed by atoms with Crippen LogP contribution < -0.4 is 48.7 Å². The number of phenolic OH excluding ortho intramolecular Hbond substituents is 2. The van der Waals surface area contributed by atoms with Crippen LogP contribution in [0.5, 0.6) is 11.5 Å². The van der Waals surface area contributed by atoms with Gasteiger partial charge in [0, 0.05) is 55.7 Å². The van der Waals surface area contributed by atoms with Gasteiger partial charge in [-0.3, -0.25) is 47.9 Å². The number of aromatic nitrogens is 1. The van der Waals surface area contributed by atoms with Crippen LogP contribution in [0.2, 0.25) is 0 Å². The number of hydrogen-bond donors (Lipinski definition) is 16. The van der Waals surface area contributed by atoms with Crippen LogP contribution in [0.3, 0.4) is 0 Å². The molecular weight excluding hydrogens is 1060 g/mol. The van der Waals surface area contributed by atoms with Gasteiger partial charge in [0.05, 0.1) is 25.3 Å². The van der Waals surface area contributed by atoms with Crippen molar-refractivity contribution in [3.05, 3.63) is 95.7 Å². The quantitative estimate of drug-likeness (QED) is 0.0241. The Kier molecular flexibility index (Phi) is 23.0. The van der Waals surface area contributed by atoms with E-state index in [2.05, 4.69) is 42.2 Å². The number of aliphatic hydroxyl groups is 2. The van der Waals surface area contributed by atoms with Gasteiger partial charge in [-0.25, -0.2) is 4.79 Å². The van der Waals surface area contributed by atoms with E-state index in [4.69, 9.17) is 11.5 Å². The van der Waals surface area contributed by atoms with E-state index in [1.54, 1.807) is 30.5 Å². The zero-order valence-corrected chi connectivity index (χ0v) is 44.0. The highest BCUT2D eigenvalue weighted by molar-refractivity contribution is 5.98. The fraction of sp³-hybridized carbons (Fsp3) is 0.415. The lowest BCUT2D eigenvalue weighted by molar-refractivity contribution is -0.145. The number of carbonyl (C=O) groups excluding carboxylic acids is 9. The van der Waals surface area contributed by atoms with Crippen LogP contribution in [-0.4, -0.2) is 180 Å². The topological polar surface area (TPSA) is 464 Å². The van der Waals surface area contributed by atoms with Crippen molar-refractivity contribution >= 4 is 76.0 Å². The Balaban J connectivity index is 1.31. The van der Waals surface area contributed by atoms with Gasteiger partial charge in [0.25, 0.3) is 0 Å². The maximum atomic E-state index is 14.5. The molecule has 0 radical (unpaired) electrons. The summed E-state index contributed by atoms with van der Waals surface area (Å²) in [7, 11) is 0. The third kappa shape index (κ3) is 18.7. The molecule has 18 N–H and O–H groups in total. The van der Waals surface area contributed by atoms with Crippen molar-refractivity contribution in [1.82, 2.24) is 47.1 Å². The van der Waals surface area contributed by atoms with Crippen molar-refractivity contribution in [3.8, 4) is 11.5 Å². The maximum Gasteiger partial charge on any atom is 0.328 e. The van der Waals surface area contributed by atoms with Gasteiger partial charge in [0.15, 0.2) is 6.04 Å². The predicted octanol–water partition coefficient (Wildman–Crippen LogP) is -3.46. The van der Waals surface area contributed by atoms with Crippen LogP contribution in [-0.2, 0) is 72.0 Å². The summed E-state index contributed by atoms with van der Waals surface area (Å²) in [6.45, 7) is -0.759. The first kappa shape index (κ1) is 62.7. The zero-order chi connectivity index (χ0) is 59.5. The SMILES string of the molecule is C[C@@H](O)[C@H](NC(=O)[C@H](Cc1ccc(O)cc1)NC(=O)[C@@H]1CCCN1C(=O)[C@H](Cc1ccc(O)cc1)NC(=O)CNC(=O)[C@H](CO)NC(=O)[C@H](Cc1c[nH]c2ccccc12)NC(=O)[C@H](CCC(=O)O)NC(=O)[C@@H](N)CCC(N)=O)C(=O)O. The number of rotatable bonds is 30. The van der Waals surface area contributed by atoms with Crippen molar-refractivity contribution in [2.24, 2.45) is 11.5 Å². The Labute approximate surface area is 462 Å². The van der Waals surface area contributed by atoms with E-state index in [0.717, 1.165) is 6.92 Å². The van der Waals surface area contributed by atoms with Crippen molar-refractivity contribution < 1.29 is 83.4 Å². The van der Waals surface area contributed by atoms with Crippen LogP contribution in [0.15, 0.2) is 79.0 Å². The number of nitrogens with one attached hydrogen (secondary N) is 8. The summed E-state index contributed by atoms with van der Waals surface area (Å²) in [5.41, 5.74) is 13.1. The predicted molar refractivity (Wildman–Crippen MR) is 285 cm³/mol. The van der Waals surface area contributed by atoms with Crippen LogP contribution in [0.1, 0.15) is 62.1 Å². The molecule has 0 unspecified atom stereocenters. The molecule has 3 aromatic carbocycles. The maximum absolute atomic E-state index is 14.5. The number of aliphatic hydroxyl groups excluding tert-OH is 2. The molecule has 0 aliphatic carbocycles. The van der Waals surface area contributed by atoms with E-state index in [9.17, 15) is 83.4 Å². The van der Waals surface area contributed by atoms with Crippen molar-refractivity contribution in [1.29, 1.82) is 0 Å². The Bertz CT molecular complexity index is 2920. The number of fused-ring (bicyclic) bond motifs is 1. The highest BCUT2D eigenvalue weighted by atomic mass is 16.4. The lowest BCUT2D eigenvalue weighted by Gasteiger charge is -2.30. The Morgan fingerprint density at radius 3 is 1.83 bits per heavy atom. The van der Waals surface area contributed by atoms with Crippen molar-refractivity contribution in [2.45, 2.75) is 119 Å². The van der Waals surface area contributed by atoms with Gasteiger partial charge in [-0.2, -0.15) is 0 Å². The Morgan fingerprint density at radius 1 is 0.667 bits per heavy atom. The summed E-state index contributed by atoms with van der Waals surface area (Å²) < 4.78 is 0. The molecule has 4 aromatic rings. The van der Waals surface area contributed by atoms with E-state index in [1.165, 1.54) is 53.4 Å². The van der Waals surface area contributed by atoms with Gasteiger partial charge < -0.3 is 89.2 Å². The second-order valence-electron chi connectivity index (χ2n) is 19.4.